The zero-order chi connectivity index (χ0) is 19.1. The van der Waals surface area contributed by atoms with Crippen LogP contribution in [0.2, 0.25) is 0 Å². The third-order valence-corrected chi connectivity index (χ3v) is 3.91. The van der Waals surface area contributed by atoms with Crippen molar-refractivity contribution in [1.29, 1.82) is 0 Å². The molecule has 0 saturated carbocycles. The molecule has 27 heavy (non-hydrogen) atoms. The van der Waals surface area contributed by atoms with E-state index in [0.29, 0.717) is 22.7 Å². The summed E-state index contributed by atoms with van der Waals surface area (Å²) < 4.78 is 5.43. The van der Waals surface area contributed by atoms with E-state index in [1.807, 2.05) is 43.3 Å². The van der Waals surface area contributed by atoms with E-state index in [1.54, 1.807) is 42.5 Å². The smallest absolute Gasteiger partial charge is 0.262 e. The van der Waals surface area contributed by atoms with Crippen molar-refractivity contribution < 1.29 is 14.3 Å². The average Bonchev–Trinajstić information content (AvgIpc) is 2.70. The third-order valence-electron chi connectivity index (χ3n) is 3.91. The predicted octanol–water partition coefficient (Wildman–Crippen LogP) is 4.26. The monoisotopic (exact) mass is 360 g/mol. The van der Waals surface area contributed by atoms with Crippen molar-refractivity contribution in [3.8, 4) is 5.75 Å². The van der Waals surface area contributed by atoms with Crippen LogP contribution < -0.4 is 15.4 Å². The molecule has 3 aromatic rings. The van der Waals surface area contributed by atoms with Gasteiger partial charge >= 0.3 is 0 Å². The van der Waals surface area contributed by atoms with Gasteiger partial charge in [-0.1, -0.05) is 36.4 Å². The van der Waals surface area contributed by atoms with Crippen LogP contribution in [0.25, 0.3) is 0 Å². The van der Waals surface area contributed by atoms with Gasteiger partial charge in [-0.15, -0.1) is 0 Å². The summed E-state index contributed by atoms with van der Waals surface area (Å²) in [5, 5.41) is 5.67. The Morgan fingerprint density at radius 1 is 0.852 bits per heavy atom. The van der Waals surface area contributed by atoms with E-state index in [2.05, 4.69) is 10.6 Å². The highest BCUT2D eigenvalue weighted by Gasteiger charge is 2.09. The lowest BCUT2D eigenvalue weighted by molar-refractivity contribution is -0.118. The number of carbonyl (C=O) groups is 2. The molecule has 136 valence electrons. The molecule has 0 unspecified atom stereocenters. The molecule has 0 bridgehead atoms. The molecule has 2 N–H and O–H groups in total. The Morgan fingerprint density at radius 3 is 2.19 bits per heavy atom. The van der Waals surface area contributed by atoms with Crippen molar-refractivity contribution in [3.63, 3.8) is 0 Å². The first-order chi connectivity index (χ1) is 13.1. The molecule has 0 atom stereocenters. The van der Waals surface area contributed by atoms with Gasteiger partial charge in [-0.2, -0.15) is 0 Å². The minimum absolute atomic E-state index is 0.0739. The Kier molecular flexibility index (Phi) is 5.84. The molecule has 0 aromatic heterocycles. The number of rotatable bonds is 6. The third kappa shape index (κ3) is 5.19. The summed E-state index contributed by atoms with van der Waals surface area (Å²) in [4.78, 5) is 24.3. The molecule has 0 aliphatic rings. The van der Waals surface area contributed by atoms with Crippen LogP contribution in [-0.2, 0) is 4.79 Å². The van der Waals surface area contributed by atoms with Gasteiger partial charge in [0.15, 0.2) is 6.61 Å². The van der Waals surface area contributed by atoms with Gasteiger partial charge in [0.05, 0.1) is 0 Å². The fourth-order valence-electron chi connectivity index (χ4n) is 2.53. The van der Waals surface area contributed by atoms with Crippen LogP contribution in [0, 0.1) is 6.92 Å². The lowest BCUT2D eigenvalue weighted by Gasteiger charge is -2.12. The normalized spacial score (nSPS) is 10.1. The van der Waals surface area contributed by atoms with Gasteiger partial charge in [0.25, 0.3) is 11.8 Å². The number of carbonyl (C=O) groups excluding carboxylic acids is 2. The lowest BCUT2D eigenvalue weighted by Crippen LogP contribution is -2.20. The topological polar surface area (TPSA) is 67.4 Å². The predicted molar refractivity (Wildman–Crippen MR) is 106 cm³/mol. The zero-order valence-electron chi connectivity index (χ0n) is 14.9. The number of amides is 2. The van der Waals surface area contributed by atoms with Gasteiger partial charge in [0, 0.05) is 16.9 Å². The van der Waals surface area contributed by atoms with Crippen LogP contribution in [0.4, 0.5) is 11.4 Å². The molecule has 5 nitrogen and oxygen atoms in total. The van der Waals surface area contributed by atoms with Crippen molar-refractivity contribution in [3.05, 3.63) is 90.0 Å². The summed E-state index contributed by atoms with van der Waals surface area (Å²) in [6, 6.07) is 23.5. The molecule has 0 aliphatic carbocycles. The number of benzene rings is 3. The highest BCUT2D eigenvalue weighted by molar-refractivity contribution is 6.04. The summed E-state index contributed by atoms with van der Waals surface area (Å²) in [6.45, 7) is 1.80. The maximum Gasteiger partial charge on any atom is 0.262 e. The molecular weight excluding hydrogens is 340 g/mol. The quantitative estimate of drug-likeness (QED) is 0.690. The molecular formula is C22H20N2O3. The number of nitrogens with one attached hydrogen (secondary N) is 2. The van der Waals surface area contributed by atoms with Gasteiger partial charge < -0.3 is 15.4 Å². The highest BCUT2D eigenvalue weighted by atomic mass is 16.5. The van der Waals surface area contributed by atoms with Crippen LogP contribution >= 0.6 is 0 Å². The SMILES string of the molecule is Cc1cc(NC(=O)COc2ccccc2)ccc1NC(=O)c1ccccc1. The first kappa shape index (κ1) is 18.2. The molecule has 2 amide bonds. The maximum atomic E-state index is 12.3. The van der Waals surface area contributed by atoms with Crippen LogP contribution in [0.3, 0.4) is 0 Å². The lowest BCUT2D eigenvalue weighted by atomic mass is 10.1. The number of aryl methyl sites for hydroxylation is 1. The first-order valence-corrected chi connectivity index (χ1v) is 8.56. The van der Waals surface area contributed by atoms with E-state index in [9.17, 15) is 9.59 Å². The fourth-order valence-corrected chi connectivity index (χ4v) is 2.53. The summed E-state index contributed by atoms with van der Waals surface area (Å²) in [5.41, 5.74) is 2.78. The second kappa shape index (κ2) is 8.67. The molecule has 5 heteroatoms. The Balaban J connectivity index is 1.57. The van der Waals surface area contributed by atoms with E-state index >= 15 is 0 Å². The van der Waals surface area contributed by atoms with Crippen LogP contribution in [-0.4, -0.2) is 18.4 Å². The minimum Gasteiger partial charge on any atom is -0.484 e. The standard InChI is InChI=1S/C22H20N2O3/c1-16-14-18(23-21(25)15-27-19-10-6-3-7-11-19)12-13-20(16)24-22(26)17-8-4-2-5-9-17/h2-14H,15H2,1H3,(H,23,25)(H,24,26). The van der Waals surface area contributed by atoms with Crippen molar-refractivity contribution in [2.75, 3.05) is 17.2 Å². The number of hydrogen-bond acceptors (Lipinski definition) is 3. The molecule has 0 fully saturated rings. The molecule has 0 saturated heterocycles. The second-order valence-electron chi connectivity index (χ2n) is 6.00. The van der Waals surface area contributed by atoms with Crippen molar-refractivity contribution in [2.45, 2.75) is 6.92 Å². The fraction of sp³-hybridized carbons (Fsp3) is 0.0909. The van der Waals surface area contributed by atoms with Crippen LogP contribution in [0.5, 0.6) is 5.75 Å². The van der Waals surface area contributed by atoms with E-state index in [0.717, 1.165) is 5.56 Å². The zero-order valence-corrected chi connectivity index (χ0v) is 14.9. The minimum atomic E-state index is -0.251. The summed E-state index contributed by atoms with van der Waals surface area (Å²) in [6.07, 6.45) is 0. The molecule has 0 heterocycles. The van der Waals surface area contributed by atoms with Crippen molar-refractivity contribution in [2.24, 2.45) is 0 Å². The summed E-state index contributed by atoms with van der Waals surface area (Å²) >= 11 is 0. The molecule has 0 spiro atoms. The number of hydrogen-bond donors (Lipinski definition) is 2. The van der Waals surface area contributed by atoms with Crippen molar-refractivity contribution >= 4 is 23.2 Å². The molecule has 0 aliphatic heterocycles. The van der Waals surface area contributed by atoms with Crippen LogP contribution in [0.15, 0.2) is 78.9 Å². The van der Waals surface area contributed by atoms with E-state index < -0.39 is 0 Å². The molecule has 3 aromatic carbocycles. The molecule has 0 radical (unpaired) electrons. The maximum absolute atomic E-state index is 12.3. The van der Waals surface area contributed by atoms with Gasteiger partial charge in [-0.25, -0.2) is 0 Å². The van der Waals surface area contributed by atoms with Gasteiger partial charge in [0.1, 0.15) is 5.75 Å². The summed E-state index contributed by atoms with van der Waals surface area (Å²) in [7, 11) is 0. The summed E-state index contributed by atoms with van der Waals surface area (Å²) in [5.74, 6) is 0.217. The van der Waals surface area contributed by atoms with Gasteiger partial charge in [-0.3, -0.25) is 9.59 Å². The van der Waals surface area contributed by atoms with Crippen molar-refractivity contribution in [1.82, 2.24) is 0 Å². The highest BCUT2D eigenvalue weighted by Crippen LogP contribution is 2.20. The van der Waals surface area contributed by atoms with Gasteiger partial charge in [-0.05, 0) is 55.0 Å². The Bertz CT molecular complexity index is 925. The largest absolute Gasteiger partial charge is 0.484 e. The first-order valence-electron chi connectivity index (χ1n) is 8.56. The Morgan fingerprint density at radius 2 is 1.52 bits per heavy atom. The Hall–Kier alpha value is -3.60. The number of ether oxygens (including phenoxy) is 1. The number of anilines is 2. The molecule has 3 rings (SSSR count). The average molecular weight is 360 g/mol. The second-order valence-corrected chi connectivity index (χ2v) is 6.00. The van der Waals surface area contributed by atoms with Crippen LogP contribution in [0.1, 0.15) is 15.9 Å². The van der Waals surface area contributed by atoms with E-state index in [4.69, 9.17) is 4.74 Å². The van der Waals surface area contributed by atoms with E-state index in [1.165, 1.54) is 0 Å². The van der Waals surface area contributed by atoms with Gasteiger partial charge in [0.2, 0.25) is 0 Å². The Labute approximate surface area is 158 Å². The van der Waals surface area contributed by atoms with E-state index in [-0.39, 0.29) is 18.4 Å². The number of para-hydroxylation sites is 1.